The molecule has 14 heavy (non-hydrogen) atoms. The van der Waals surface area contributed by atoms with Crippen molar-refractivity contribution in [3.8, 4) is 0 Å². The summed E-state index contributed by atoms with van der Waals surface area (Å²) in [6, 6.07) is 0.429. The summed E-state index contributed by atoms with van der Waals surface area (Å²) in [5.41, 5.74) is -0.716. The summed E-state index contributed by atoms with van der Waals surface area (Å²) in [6.45, 7) is 12.3. The van der Waals surface area contributed by atoms with Crippen LogP contribution in [0.3, 0.4) is 0 Å². The van der Waals surface area contributed by atoms with Gasteiger partial charge in [0, 0.05) is 18.1 Å². The molecule has 1 N–H and O–H groups in total. The van der Waals surface area contributed by atoms with E-state index < -0.39 is 5.60 Å². The second-order valence-electron chi connectivity index (χ2n) is 5.52. The zero-order valence-corrected chi connectivity index (χ0v) is 10.0. The fourth-order valence-corrected chi connectivity index (χ4v) is 2.11. The minimum atomic E-state index is -0.724. The molecule has 0 radical (unpaired) electrons. The van der Waals surface area contributed by atoms with E-state index >= 15 is 0 Å². The molecule has 1 rings (SSSR count). The van der Waals surface area contributed by atoms with Crippen LogP contribution in [0.2, 0.25) is 0 Å². The number of hydrogen-bond donors (Lipinski definition) is 1. The van der Waals surface area contributed by atoms with Gasteiger partial charge in [-0.3, -0.25) is 4.90 Å². The Kier molecular flexibility index (Phi) is 3.24. The quantitative estimate of drug-likeness (QED) is 0.693. The van der Waals surface area contributed by atoms with Gasteiger partial charge in [-0.25, -0.2) is 0 Å². The van der Waals surface area contributed by atoms with Crippen LogP contribution in [0.25, 0.3) is 0 Å². The van der Waals surface area contributed by atoms with Crippen LogP contribution in [0.4, 0.5) is 0 Å². The van der Waals surface area contributed by atoms with Crippen LogP contribution in [-0.4, -0.2) is 46.9 Å². The Morgan fingerprint density at radius 3 is 2.29 bits per heavy atom. The summed E-state index contributed by atoms with van der Waals surface area (Å²) >= 11 is 0. The first-order valence-corrected chi connectivity index (χ1v) is 5.31. The Balaban J connectivity index is 2.83. The summed E-state index contributed by atoms with van der Waals surface area (Å²) in [5.74, 6) is 0. The van der Waals surface area contributed by atoms with Gasteiger partial charge in [-0.1, -0.05) is 0 Å². The number of nitrogens with zero attached hydrogens (tertiary/aromatic N) is 1. The maximum Gasteiger partial charge on any atom is 0.0978 e. The molecular formula is C11H23NO2. The van der Waals surface area contributed by atoms with E-state index in [1.165, 1.54) is 0 Å². The van der Waals surface area contributed by atoms with Crippen LogP contribution < -0.4 is 0 Å². The molecule has 3 heteroatoms. The summed E-state index contributed by atoms with van der Waals surface area (Å²) in [7, 11) is 0. The maximum atomic E-state index is 10.0. The van der Waals surface area contributed by atoms with E-state index in [4.69, 9.17) is 4.74 Å². The van der Waals surface area contributed by atoms with Crippen molar-refractivity contribution in [2.24, 2.45) is 0 Å². The van der Waals surface area contributed by atoms with Crippen molar-refractivity contribution < 1.29 is 9.84 Å². The third kappa shape index (κ3) is 2.69. The Morgan fingerprint density at radius 1 is 1.21 bits per heavy atom. The van der Waals surface area contributed by atoms with Gasteiger partial charge in [-0.15, -0.1) is 0 Å². The number of ether oxygens (including phenoxy) is 1. The lowest BCUT2D eigenvalue weighted by Gasteiger charge is -2.41. The van der Waals surface area contributed by atoms with Crippen LogP contribution in [0.15, 0.2) is 0 Å². The molecule has 1 heterocycles. The van der Waals surface area contributed by atoms with E-state index in [0.29, 0.717) is 25.8 Å². The summed E-state index contributed by atoms with van der Waals surface area (Å²) < 4.78 is 5.51. The number of aliphatic hydroxyl groups is 1. The molecule has 1 unspecified atom stereocenters. The molecule has 1 fully saturated rings. The fraction of sp³-hybridized carbons (Fsp3) is 1.00. The van der Waals surface area contributed by atoms with Gasteiger partial charge in [0.2, 0.25) is 0 Å². The Labute approximate surface area is 87.1 Å². The van der Waals surface area contributed by atoms with Crippen molar-refractivity contribution >= 4 is 0 Å². The average molecular weight is 201 g/mol. The second-order valence-corrected chi connectivity index (χ2v) is 5.52. The molecular weight excluding hydrogens is 178 g/mol. The van der Waals surface area contributed by atoms with Gasteiger partial charge in [0.1, 0.15) is 0 Å². The van der Waals surface area contributed by atoms with Crippen LogP contribution in [0, 0.1) is 0 Å². The lowest BCUT2D eigenvalue weighted by Crippen LogP contribution is -2.53. The van der Waals surface area contributed by atoms with Crippen LogP contribution in [0.5, 0.6) is 0 Å². The third-order valence-electron chi connectivity index (χ3n) is 2.78. The highest BCUT2D eigenvalue weighted by molar-refractivity contribution is 4.91. The molecule has 0 saturated carbocycles. The smallest absolute Gasteiger partial charge is 0.0978 e. The van der Waals surface area contributed by atoms with Crippen LogP contribution >= 0.6 is 0 Å². The molecule has 0 aromatic rings. The highest BCUT2D eigenvalue weighted by atomic mass is 16.5. The molecule has 0 aromatic carbocycles. The molecule has 1 aliphatic rings. The third-order valence-corrected chi connectivity index (χ3v) is 2.78. The van der Waals surface area contributed by atoms with Crippen molar-refractivity contribution in [1.82, 2.24) is 4.90 Å². The molecule has 84 valence electrons. The first-order valence-electron chi connectivity index (χ1n) is 5.31. The molecule has 0 spiro atoms. The second kappa shape index (κ2) is 3.80. The predicted molar refractivity (Wildman–Crippen MR) is 57.4 cm³/mol. The lowest BCUT2D eigenvalue weighted by molar-refractivity contribution is -0.0248. The van der Waals surface area contributed by atoms with Gasteiger partial charge in [0.15, 0.2) is 0 Å². The van der Waals surface area contributed by atoms with E-state index in [0.717, 1.165) is 0 Å². The highest BCUT2D eigenvalue weighted by Crippen LogP contribution is 2.25. The van der Waals surface area contributed by atoms with E-state index in [9.17, 15) is 5.11 Å². The number of hydrogen-bond acceptors (Lipinski definition) is 3. The van der Waals surface area contributed by atoms with Crippen molar-refractivity contribution in [2.45, 2.75) is 51.8 Å². The monoisotopic (exact) mass is 201 g/mol. The van der Waals surface area contributed by atoms with Gasteiger partial charge < -0.3 is 9.84 Å². The SMILES string of the molecule is CC(C)N1CC(C)(O)COCC1(C)C. The first kappa shape index (κ1) is 12.0. The summed E-state index contributed by atoms with van der Waals surface area (Å²) in [4.78, 5) is 2.31. The van der Waals surface area contributed by atoms with Crippen LogP contribution in [0.1, 0.15) is 34.6 Å². The molecule has 0 amide bonds. The van der Waals surface area contributed by atoms with E-state index in [1.54, 1.807) is 0 Å². The van der Waals surface area contributed by atoms with Crippen molar-refractivity contribution in [3.05, 3.63) is 0 Å². The molecule has 0 bridgehead atoms. The van der Waals surface area contributed by atoms with E-state index in [2.05, 4.69) is 32.6 Å². The average Bonchev–Trinajstić information content (AvgIpc) is 2.07. The molecule has 1 aliphatic heterocycles. The van der Waals surface area contributed by atoms with Crippen molar-refractivity contribution in [3.63, 3.8) is 0 Å². The van der Waals surface area contributed by atoms with E-state index in [1.807, 2.05) is 6.92 Å². The van der Waals surface area contributed by atoms with Crippen molar-refractivity contribution in [2.75, 3.05) is 19.8 Å². The lowest BCUT2D eigenvalue weighted by atomic mass is 9.99. The van der Waals surface area contributed by atoms with Crippen LogP contribution in [-0.2, 0) is 4.74 Å². The molecule has 1 atom stereocenters. The summed E-state index contributed by atoms with van der Waals surface area (Å²) in [5, 5.41) is 10.0. The largest absolute Gasteiger partial charge is 0.386 e. The van der Waals surface area contributed by atoms with Gasteiger partial charge in [-0.05, 0) is 34.6 Å². The Hall–Kier alpha value is -0.120. The molecule has 0 aromatic heterocycles. The molecule has 3 nitrogen and oxygen atoms in total. The first-order chi connectivity index (χ1) is 6.25. The highest BCUT2D eigenvalue weighted by Gasteiger charge is 2.38. The standard InChI is InChI=1S/C11H23NO2/c1-9(2)12-6-11(5,13)8-14-7-10(12,3)4/h9,13H,6-8H2,1-5H3. The maximum absolute atomic E-state index is 10.0. The normalized spacial score (nSPS) is 34.5. The fourth-order valence-electron chi connectivity index (χ4n) is 2.11. The molecule has 0 aliphatic carbocycles. The molecule has 1 saturated heterocycles. The van der Waals surface area contributed by atoms with Gasteiger partial charge in [0.05, 0.1) is 18.8 Å². The van der Waals surface area contributed by atoms with Gasteiger partial charge in [0.25, 0.3) is 0 Å². The predicted octanol–water partition coefficient (Wildman–Crippen LogP) is 1.26. The summed E-state index contributed by atoms with van der Waals surface area (Å²) in [6.07, 6.45) is 0. The Morgan fingerprint density at radius 2 is 1.79 bits per heavy atom. The zero-order valence-electron chi connectivity index (χ0n) is 10.0. The number of rotatable bonds is 1. The number of β-amino-alcohol motifs (C(OH)–C–C–N with tert-alkyl or cyclic N) is 1. The zero-order chi connectivity index (χ0) is 11.0. The van der Waals surface area contributed by atoms with Gasteiger partial charge in [-0.2, -0.15) is 0 Å². The van der Waals surface area contributed by atoms with E-state index in [-0.39, 0.29) is 5.54 Å². The minimum Gasteiger partial charge on any atom is -0.386 e. The Bertz CT molecular complexity index is 199. The van der Waals surface area contributed by atoms with Crippen molar-refractivity contribution in [1.29, 1.82) is 0 Å². The topological polar surface area (TPSA) is 32.7 Å². The minimum absolute atomic E-state index is 0.00859. The van der Waals surface area contributed by atoms with Gasteiger partial charge >= 0.3 is 0 Å².